The van der Waals surface area contributed by atoms with E-state index in [-0.39, 0.29) is 36.6 Å². The van der Waals surface area contributed by atoms with Crippen molar-refractivity contribution in [1.82, 2.24) is 4.90 Å². The lowest BCUT2D eigenvalue weighted by molar-refractivity contribution is -0.141. The van der Waals surface area contributed by atoms with Crippen LogP contribution in [0.5, 0.6) is 5.75 Å². The van der Waals surface area contributed by atoms with Crippen molar-refractivity contribution in [2.75, 3.05) is 6.54 Å². The third-order valence-electron chi connectivity index (χ3n) is 5.67. The van der Waals surface area contributed by atoms with Crippen LogP contribution in [0.4, 0.5) is 0 Å². The molecule has 1 aliphatic carbocycles. The van der Waals surface area contributed by atoms with Crippen LogP contribution in [0.15, 0.2) is 54.6 Å². The van der Waals surface area contributed by atoms with E-state index < -0.39 is 5.97 Å². The van der Waals surface area contributed by atoms with Crippen molar-refractivity contribution in [3.63, 3.8) is 0 Å². The summed E-state index contributed by atoms with van der Waals surface area (Å²) < 4.78 is 5.37. The maximum absolute atomic E-state index is 12.4. The van der Waals surface area contributed by atoms with Gasteiger partial charge in [-0.2, -0.15) is 0 Å². The smallest absolute Gasteiger partial charge is 0.312 e. The predicted molar refractivity (Wildman–Crippen MR) is 104 cm³/mol. The molecule has 5 nitrogen and oxygen atoms in total. The van der Waals surface area contributed by atoms with Crippen LogP contribution in [0.25, 0.3) is 11.1 Å². The molecule has 1 aliphatic heterocycles. The predicted octanol–water partition coefficient (Wildman–Crippen LogP) is 3.82. The molecule has 4 rings (SSSR count). The van der Waals surface area contributed by atoms with Crippen LogP contribution in [0.1, 0.15) is 32.1 Å². The highest BCUT2D eigenvalue weighted by Crippen LogP contribution is 2.38. The largest absolute Gasteiger partial charge is 0.426 e. The first-order valence-electron chi connectivity index (χ1n) is 9.85. The summed E-state index contributed by atoms with van der Waals surface area (Å²) >= 11 is 0. The van der Waals surface area contributed by atoms with Gasteiger partial charge in [0, 0.05) is 6.54 Å². The summed E-state index contributed by atoms with van der Waals surface area (Å²) in [4.78, 5) is 38.3. The molecule has 1 saturated heterocycles. The molecule has 0 spiro atoms. The number of carbonyl (C=O) groups is 3. The second-order valence-electron chi connectivity index (χ2n) is 7.44. The first-order valence-corrected chi connectivity index (χ1v) is 9.85. The van der Waals surface area contributed by atoms with E-state index >= 15 is 0 Å². The summed E-state index contributed by atoms with van der Waals surface area (Å²) in [7, 11) is 0. The highest BCUT2D eigenvalue weighted by molar-refractivity contribution is 6.05. The van der Waals surface area contributed by atoms with E-state index in [1.807, 2.05) is 42.5 Å². The Hall–Kier alpha value is -2.95. The molecule has 1 saturated carbocycles. The van der Waals surface area contributed by atoms with Gasteiger partial charge in [-0.05, 0) is 36.1 Å². The minimum Gasteiger partial charge on any atom is -0.426 e. The summed E-state index contributed by atoms with van der Waals surface area (Å²) in [5, 5.41) is 0. The Morgan fingerprint density at radius 3 is 2.04 bits per heavy atom. The van der Waals surface area contributed by atoms with Crippen LogP contribution in [-0.4, -0.2) is 29.2 Å². The Morgan fingerprint density at radius 2 is 1.43 bits per heavy atom. The molecule has 0 N–H and O–H groups in total. The lowest BCUT2D eigenvalue weighted by Gasteiger charge is -2.19. The fraction of sp³-hybridized carbons (Fsp3) is 0.348. The van der Waals surface area contributed by atoms with Crippen molar-refractivity contribution in [2.24, 2.45) is 11.8 Å². The molecular weight excluding hydrogens is 354 g/mol. The molecule has 2 aliphatic rings. The maximum Gasteiger partial charge on any atom is 0.312 e. The maximum atomic E-state index is 12.4. The zero-order valence-electron chi connectivity index (χ0n) is 15.7. The highest BCUT2D eigenvalue weighted by Gasteiger charge is 2.47. The van der Waals surface area contributed by atoms with E-state index in [0.29, 0.717) is 5.75 Å². The van der Waals surface area contributed by atoms with E-state index in [2.05, 4.69) is 0 Å². The van der Waals surface area contributed by atoms with Crippen molar-refractivity contribution < 1.29 is 19.1 Å². The van der Waals surface area contributed by atoms with E-state index in [9.17, 15) is 14.4 Å². The van der Waals surface area contributed by atoms with Crippen molar-refractivity contribution >= 4 is 17.8 Å². The fourth-order valence-electron chi connectivity index (χ4n) is 4.18. The number of hydrogen-bond donors (Lipinski definition) is 0. The van der Waals surface area contributed by atoms with Crippen molar-refractivity contribution in [2.45, 2.75) is 32.1 Å². The van der Waals surface area contributed by atoms with Crippen molar-refractivity contribution in [1.29, 1.82) is 0 Å². The number of likely N-dealkylation sites (tertiary alicyclic amines) is 1. The molecule has 28 heavy (non-hydrogen) atoms. The second kappa shape index (κ2) is 7.97. The zero-order chi connectivity index (χ0) is 19.5. The third kappa shape index (κ3) is 3.70. The second-order valence-corrected chi connectivity index (χ2v) is 7.44. The lowest BCUT2D eigenvalue weighted by Crippen LogP contribution is -2.33. The fourth-order valence-corrected chi connectivity index (χ4v) is 4.18. The number of hydrogen-bond acceptors (Lipinski definition) is 4. The van der Waals surface area contributed by atoms with Gasteiger partial charge in [-0.1, -0.05) is 55.3 Å². The molecule has 1 heterocycles. The molecule has 144 valence electrons. The average molecular weight is 377 g/mol. The first kappa shape index (κ1) is 18.4. The summed E-state index contributed by atoms with van der Waals surface area (Å²) in [5.74, 6) is -0.574. The molecule has 2 fully saturated rings. The Labute approximate surface area is 164 Å². The highest BCUT2D eigenvalue weighted by atomic mass is 16.5. The van der Waals surface area contributed by atoms with Gasteiger partial charge in [0.15, 0.2) is 0 Å². The number of nitrogens with zero attached hydrogens (tertiary/aromatic N) is 1. The average Bonchev–Trinajstić information content (AvgIpc) is 2.98. The van der Waals surface area contributed by atoms with Gasteiger partial charge in [0.2, 0.25) is 11.8 Å². The number of esters is 1. The van der Waals surface area contributed by atoms with Gasteiger partial charge in [0.25, 0.3) is 0 Å². The minimum atomic E-state index is -0.442. The molecule has 2 amide bonds. The van der Waals surface area contributed by atoms with Crippen molar-refractivity contribution in [3.05, 3.63) is 54.6 Å². The number of rotatable bonds is 5. The van der Waals surface area contributed by atoms with Gasteiger partial charge in [-0.25, -0.2) is 0 Å². The summed E-state index contributed by atoms with van der Waals surface area (Å²) in [6, 6.07) is 17.2. The number of ether oxygens (including phenoxy) is 1. The normalized spacial score (nSPS) is 21.5. The quantitative estimate of drug-likeness (QED) is 0.451. The van der Waals surface area contributed by atoms with Crippen LogP contribution in [0.3, 0.4) is 0 Å². The SMILES string of the molecule is O=C(CCN1C(=O)[C@H]2CCCC[C@H]2C1=O)Oc1ccc(-c2ccccc2)cc1. The number of imide groups is 1. The monoisotopic (exact) mass is 377 g/mol. The summed E-state index contributed by atoms with van der Waals surface area (Å²) in [6.07, 6.45) is 3.56. The molecule has 5 heteroatoms. The molecule has 0 unspecified atom stereocenters. The van der Waals surface area contributed by atoms with Crippen LogP contribution in [0, 0.1) is 11.8 Å². The number of benzene rings is 2. The van der Waals surface area contributed by atoms with Gasteiger partial charge in [-0.3, -0.25) is 19.3 Å². The third-order valence-corrected chi connectivity index (χ3v) is 5.67. The Morgan fingerprint density at radius 1 is 0.857 bits per heavy atom. The van der Waals surface area contributed by atoms with Crippen LogP contribution < -0.4 is 4.74 Å². The molecule has 2 aromatic rings. The van der Waals surface area contributed by atoms with Crippen LogP contribution in [0.2, 0.25) is 0 Å². The number of amides is 2. The van der Waals surface area contributed by atoms with E-state index in [0.717, 1.165) is 36.8 Å². The van der Waals surface area contributed by atoms with E-state index in [4.69, 9.17) is 4.74 Å². The lowest BCUT2D eigenvalue weighted by atomic mass is 9.81. The van der Waals surface area contributed by atoms with Gasteiger partial charge in [-0.15, -0.1) is 0 Å². The van der Waals surface area contributed by atoms with E-state index in [1.54, 1.807) is 12.1 Å². The Kier molecular flexibility index (Phi) is 5.24. The molecule has 0 bridgehead atoms. The topological polar surface area (TPSA) is 63.7 Å². The molecule has 2 aromatic carbocycles. The van der Waals surface area contributed by atoms with Gasteiger partial charge >= 0.3 is 5.97 Å². The van der Waals surface area contributed by atoms with Gasteiger partial charge in [0.05, 0.1) is 18.3 Å². The summed E-state index contributed by atoms with van der Waals surface area (Å²) in [5.41, 5.74) is 2.13. The van der Waals surface area contributed by atoms with Crippen LogP contribution in [-0.2, 0) is 14.4 Å². The molecule has 0 radical (unpaired) electrons. The number of carbonyl (C=O) groups excluding carboxylic acids is 3. The molecule has 2 atom stereocenters. The molecule has 0 aromatic heterocycles. The number of fused-ring (bicyclic) bond motifs is 1. The van der Waals surface area contributed by atoms with Crippen molar-refractivity contribution in [3.8, 4) is 16.9 Å². The Bertz CT molecular complexity index is 851. The minimum absolute atomic E-state index is 0.0113. The van der Waals surface area contributed by atoms with Crippen LogP contribution >= 0.6 is 0 Å². The zero-order valence-corrected chi connectivity index (χ0v) is 15.7. The Balaban J connectivity index is 1.32. The molecular formula is C23H23NO4. The van der Waals surface area contributed by atoms with E-state index in [1.165, 1.54) is 4.90 Å². The first-order chi connectivity index (χ1) is 13.6. The standard InChI is InChI=1S/C23H23NO4/c25-21(14-15-24-22(26)19-8-4-5-9-20(19)23(24)27)28-18-12-10-17(11-13-18)16-6-2-1-3-7-16/h1-3,6-7,10-13,19-20H,4-5,8-9,14-15H2/t19-,20+. The van der Waals surface area contributed by atoms with Gasteiger partial charge < -0.3 is 4.74 Å². The van der Waals surface area contributed by atoms with Gasteiger partial charge in [0.1, 0.15) is 5.75 Å². The summed E-state index contributed by atoms with van der Waals surface area (Å²) in [6.45, 7) is 0.103.